The largest absolute Gasteiger partial charge is 0.416 e. The Bertz CT molecular complexity index is 448. The second-order valence-corrected chi connectivity index (χ2v) is 4.79. The number of nitrogens with zero attached hydrogens (tertiary/aromatic N) is 1. The van der Waals surface area contributed by atoms with Crippen molar-refractivity contribution in [1.29, 1.82) is 0 Å². The minimum Gasteiger partial charge on any atom is -0.337 e. The third-order valence-corrected chi connectivity index (χ3v) is 3.03. The fourth-order valence-corrected chi connectivity index (χ4v) is 1.98. The van der Waals surface area contributed by atoms with Crippen molar-refractivity contribution in [3.05, 3.63) is 35.4 Å². The molecule has 0 fully saturated rings. The topological polar surface area (TPSA) is 20.3 Å². The molecule has 0 saturated carbocycles. The zero-order valence-corrected chi connectivity index (χ0v) is 12.0. The zero-order chi connectivity index (χ0) is 15.2. The van der Waals surface area contributed by atoms with Crippen LogP contribution in [0.15, 0.2) is 24.3 Å². The Kier molecular flexibility index (Phi) is 6.33. The number of amides is 1. The molecule has 1 aromatic carbocycles. The van der Waals surface area contributed by atoms with E-state index in [0.29, 0.717) is 13.1 Å². The average molecular weight is 308 g/mol. The van der Waals surface area contributed by atoms with Crippen molar-refractivity contribution >= 4 is 17.5 Å². The van der Waals surface area contributed by atoms with E-state index in [0.717, 1.165) is 25.0 Å². The fourth-order valence-electron chi connectivity index (χ4n) is 1.78. The Morgan fingerprint density at radius 3 is 2.55 bits per heavy atom. The molecule has 0 saturated heterocycles. The molecule has 0 aliphatic rings. The summed E-state index contributed by atoms with van der Waals surface area (Å²) >= 11 is 5.64. The van der Waals surface area contributed by atoms with Gasteiger partial charge in [-0.3, -0.25) is 4.79 Å². The minimum atomic E-state index is -4.45. The molecule has 2 nitrogen and oxygen atoms in total. The molecule has 0 spiro atoms. The highest BCUT2D eigenvalue weighted by atomic mass is 35.5. The molecular formula is C14H17ClF3NO. The molecule has 0 aromatic heterocycles. The quantitative estimate of drug-likeness (QED) is 0.722. The molecule has 0 bridgehead atoms. The Hall–Kier alpha value is -1.23. The van der Waals surface area contributed by atoms with E-state index < -0.39 is 17.6 Å². The average Bonchev–Trinajstić information content (AvgIpc) is 2.42. The lowest BCUT2D eigenvalue weighted by molar-refractivity contribution is -0.137. The highest BCUT2D eigenvalue weighted by molar-refractivity contribution is 6.18. The second kappa shape index (κ2) is 7.53. The molecule has 0 aliphatic carbocycles. The number of hydrogen-bond donors (Lipinski definition) is 0. The Balaban J connectivity index is 2.93. The maximum Gasteiger partial charge on any atom is 0.416 e. The summed E-state index contributed by atoms with van der Waals surface area (Å²) in [4.78, 5) is 13.7. The van der Waals surface area contributed by atoms with Crippen molar-refractivity contribution in [1.82, 2.24) is 4.90 Å². The van der Waals surface area contributed by atoms with Crippen LogP contribution in [0.5, 0.6) is 0 Å². The first-order valence-electron chi connectivity index (χ1n) is 6.42. The molecule has 0 N–H and O–H groups in total. The minimum absolute atomic E-state index is 0.0426. The fraction of sp³-hybridized carbons (Fsp3) is 0.500. The normalized spacial score (nSPS) is 11.4. The lowest BCUT2D eigenvalue weighted by Crippen LogP contribution is -2.33. The third-order valence-electron chi connectivity index (χ3n) is 2.86. The van der Waals surface area contributed by atoms with Crippen molar-refractivity contribution in [2.24, 2.45) is 0 Å². The highest BCUT2D eigenvalue weighted by Crippen LogP contribution is 2.29. The highest BCUT2D eigenvalue weighted by Gasteiger charge is 2.31. The van der Waals surface area contributed by atoms with Gasteiger partial charge in [0.25, 0.3) is 5.91 Å². The van der Waals surface area contributed by atoms with Crippen LogP contribution < -0.4 is 0 Å². The first-order valence-corrected chi connectivity index (χ1v) is 6.96. The van der Waals surface area contributed by atoms with Crippen molar-refractivity contribution in [3.63, 3.8) is 0 Å². The molecule has 0 atom stereocenters. The van der Waals surface area contributed by atoms with Gasteiger partial charge in [0.2, 0.25) is 0 Å². The summed E-state index contributed by atoms with van der Waals surface area (Å²) in [5.74, 6) is -0.154. The van der Waals surface area contributed by atoms with Crippen LogP contribution in [-0.4, -0.2) is 29.8 Å². The van der Waals surface area contributed by atoms with E-state index in [-0.39, 0.29) is 11.4 Å². The first kappa shape index (κ1) is 16.8. The van der Waals surface area contributed by atoms with E-state index in [1.165, 1.54) is 17.0 Å². The number of hydrogen-bond acceptors (Lipinski definition) is 1. The van der Waals surface area contributed by atoms with Crippen molar-refractivity contribution in [3.8, 4) is 0 Å². The monoisotopic (exact) mass is 307 g/mol. The lowest BCUT2D eigenvalue weighted by Gasteiger charge is -2.22. The summed E-state index contributed by atoms with van der Waals surface area (Å²) in [5, 5.41) is 0. The number of halogens is 4. The Morgan fingerprint density at radius 2 is 2.00 bits per heavy atom. The van der Waals surface area contributed by atoms with Gasteiger partial charge in [-0.1, -0.05) is 19.4 Å². The standard InChI is InChI=1S/C14H17ClF3NO/c1-2-3-8-19(9-7-15)13(20)11-5-4-6-12(10-11)14(16,17)18/h4-6,10H,2-3,7-9H2,1H3. The summed E-state index contributed by atoms with van der Waals surface area (Å²) < 4.78 is 37.9. The van der Waals surface area contributed by atoms with Gasteiger partial charge in [0, 0.05) is 24.5 Å². The van der Waals surface area contributed by atoms with E-state index in [9.17, 15) is 18.0 Å². The van der Waals surface area contributed by atoms with Crippen molar-refractivity contribution in [2.75, 3.05) is 19.0 Å². The third kappa shape index (κ3) is 4.71. The number of rotatable bonds is 6. The van der Waals surface area contributed by atoms with E-state index in [4.69, 9.17) is 11.6 Å². The maximum absolute atomic E-state index is 12.6. The molecule has 0 aliphatic heterocycles. The van der Waals surface area contributed by atoms with Gasteiger partial charge < -0.3 is 4.90 Å². The SMILES string of the molecule is CCCCN(CCCl)C(=O)c1cccc(C(F)(F)F)c1. The number of benzene rings is 1. The predicted molar refractivity (Wildman–Crippen MR) is 73.0 cm³/mol. The summed E-state index contributed by atoms with van der Waals surface area (Å²) in [6.45, 7) is 2.81. The van der Waals surface area contributed by atoms with Gasteiger partial charge in [-0.15, -0.1) is 11.6 Å². The summed E-state index contributed by atoms with van der Waals surface area (Å²) in [6.07, 6.45) is -2.76. The second-order valence-electron chi connectivity index (χ2n) is 4.41. The molecule has 0 heterocycles. The van der Waals surface area contributed by atoms with E-state index in [2.05, 4.69) is 0 Å². The van der Waals surface area contributed by atoms with E-state index in [1.54, 1.807) is 0 Å². The molecule has 6 heteroatoms. The van der Waals surface area contributed by atoms with Crippen LogP contribution in [0.3, 0.4) is 0 Å². The molecule has 1 rings (SSSR count). The first-order chi connectivity index (χ1) is 9.40. The molecule has 0 unspecified atom stereocenters. The van der Waals surface area contributed by atoms with E-state index in [1.807, 2.05) is 6.92 Å². The van der Waals surface area contributed by atoms with Crippen molar-refractivity contribution < 1.29 is 18.0 Å². The van der Waals surface area contributed by atoms with Gasteiger partial charge in [-0.25, -0.2) is 0 Å². The molecule has 1 amide bonds. The molecule has 112 valence electrons. The molecule has 1 aromatic rings. The van der Waals surface area contributed by atoms with Crippen LogP contribution in [-0.2, 0) is 6.18 Å². The van der Waals surface area contributed by atoms with Crippen LogP contribution >= 0.6 is 11.6 Å². The van der Waals surface area contributed by atoms with Gasteiger partial charge >= 0.3 is 6.18 Å². The van der Waals surface area contributed by atoms with Crippen LogP contribution in [0.1, 0.15) is 35.7 Å². The van der Waals surface area contributed by atoms with Crippen LogP contribution in [0.4, 0.5) is 13.2 Å². The Morgan fingerprint density at radius 1 is 1.30 bits per heavy atom. The molecule has 0 radical (unpaired) electrons. The summed E-state index contributed by atoms with van der Waals surface area (Å²) in [7, 11) is 0. The smallest absolute Gasteiger partial charge is 0.337 e. The van der Waals surface area contributed by atoms with Gasteiger partial charge in [0.15, 0.2) is 0 Å². The number of carbonyl (C=O) groups is 1. The van der Waals surface area contributed by atoms with Gasteiger partial charge in [-0.05, 0) is 24.6 Å². The maximum atomic E-state index is 12.6. The van der Waals surface area contributed by atoms with Crippen LogP contribution in [0.25, 0.3) is 0 Å². The lowest BCUT2D eigenvalue weighted by atomic mass is 10.1. The van der Waals surface area contributed by atoms with Crippen molar-refractivity contribution in [2.45, 2.75) is 25.9 Å². The van der Waals surface area contributed by atoms with Crippen LogP contribution in [0, 0.1) is 0 Å². The predicted octanol–water partition coefficient (Wildman–Crippen LogP) is 4.19. The van der Waals surface area contributed by atoms with Gasteiger partial charge in [0.1, 0.15) is 0 Å². The Labute approximate surface area is 121 Å². The molecular weight excluding hydrogens is 291 g/mol. The number of unbranched alkanes of at least 4 members (excludes halogenated alkanes) is 1. The van der Waals surface area contributed by atoms with Gasteiger partial charge in [0.05, 0.1) is 5.56 Å². The summed E-state index contributed by atoms with van der Waals surface area (Å²) in [6, 6.07) is 4.48. The summed E-state index contributed by atoms with van der Waals surface area (Å²) in [5.41, 5.74) is -0.772. The number of carbonyl (C=O) groups excluding carboxylic acids is 1. The van der Waals surface area contributed by atoms with Gasteiger partial charge in [-0.2, -0.15) is 13.2 Å². The molecule has 20 heavy (non-hydrogen) atoms. The van der Waals surface area contributed by atoms with Crippen LogP contribution in [0.2, 0.25) is 0 Å². The van der Waals surface area contributed by atoms with E-state index >= 15 is 0 Å². The zero-order valence-electron chi connectivity index (χ0n) is 11.2. The number of alkyl halides is 4.